The molecule has 0 saturated carbocycles. The zero-order chi connectivity index (χ0) is 17.6. The van der Waals surface area contributed by atoms with Crippen molar-refractivity contribution in [1.82, 2.24) is 5.32 Å². The molecular weight excluding hydrogens is 305 g/mol. The minimum absolute atomic E-state index is 0.231. The van der Waals surface area contributed by atoms with Crippen LogP contribution in [0.15, 0.2) is 54.6 Å². The Morgan fingerprint density at radius 1 is 1.17 bits per heavy atom. The quantitative estimate of drug-likeness (QED) is 0.816. The van der Waals surface area contributed by atoms with E-state index in [0.717, 1.165) is 5.56 Å². The van der Waals surface area contributed by atoms with E-state index in [4.69, 9.17) is 4.74 Å². The van der Waals surface area contributed by atoms with Gasteiger partial charge in [-0.2, -0.15) is 0 Å². The number of carbonyl (C=O) groups excluding carboxylic acids is 1. The van der Waals surface area contributed by atoms with Crippen molar-refractivity contribution in [3.8, 4) is 5.75 Å². The summed E-state index contributed by atoms with van der Waals surface area (Å²) in [7, 11) is 1.59. The van der Waals surface area contributed by atoms with E-state index in [9.17, 15) is 9.18 Å². The molecule has 2 rings (SSSR count). The number of nitrogens with one attached hydrogen (secondary N) is 1. The lowest BCUT2D eigenvalue weighted by Gasteiger charge is -2.25. The molecule has 0 heterocycles. The molecule has 1 amide bonds. The predicted molar refractivity (Wildman–Crippen MR) is 94.5 cm³/mol. The Morgan fingerprint density at radius 3 is 2.54 bits per heavy atom. The maximum atomic E-state index is 13.9. The Morgan fingerprint density at radius 2 is 1.83 bits per heavy atom. The average Bonchev–Trinajstić information content (AvgIpc) is 2.58. The number of amides is 1. The van der Waals surface area contributed by atoms with Crippen molar-refractivity contribution >= 4 is 12.0 Å². The molecule has 4 heteroatoms. The van der Waals surface area contributed by atoms with E-state index >= 15 is 0 Å². The van der Waals surface area contributed by atoms with Crippen LogP contribution in [0.25, 0.3) is 6.08 Å². The summed E-state index contributed by atoms with van der Waals surface area (Å²) in [5.74, 6) is 0.208. The van der Waals surface area contributed by atoms with Crippen molar-refractivity contribution < 1.29 is 13.9 Å². The highest BCUT2D eigenvalue weighted by Crippen LogP contribution is 2.24. The fourth-order valence-electron chi connectivity index (χ4n) is 2.44. The number of halogens is 1. The summed E-state index contributed by atoms with van der Waals surface area (Å²) in [5, 5.41) is 2.82. The molecular formula is C20H22FNO2. The summed E-state index contributed by atoms with van der Waals surface area (Å²) < 4.78 is 19.2. The van der Waals surface area contributed by atoms with Crippen LogP contribution in [0.5, 0.6) is 5.75 Å². The standard InChI is InChI=1S/C20H22FNO2/c1-20(2,16-9-5-6-10-17(16)21)14-22-19(23)13-12-15-8-4-7-11-18(15)24-3/h4-13H,14H2,1-3H3,(H,22,23)/b13-12+. The molecule has 2 aromatic rings. The van der Waals surface area contributed by atoms with Crippen LogP contribution in [0.2, 0.25) is 0 Å². The Labute approximate surface area is 142 Å². The van der Waals surface area contributed by atoms with Crippen LogP contribution < -0.4 is 10.1 Å². The molecule has 0 radical (unpaired) electrons. The van der Waals surface area contributed by atoms with Crippen LogP contribution in [0.1, 0.15) is 25.0 Å². The smallest absolute Gasteiger partial charge is 0.244 e. The Kier molecular flexibility index (Phi) is 5.74. The molecule has 24 heavy (non-hydrogen) atoms. The largest absolute Gasteiger partial charge is 0.496 e. The van der Waals surface area contributed by atoms with Gasteiger partial charge in [-0.15, -0.1) is 0 Å². The van der Waals surface area contributed by atoms with Gasteiger partial charge in [0.2, 0.25) is 5.91 Å². The summed E-state index contributed by atoms with van der Waals surface area (Å²) in [5.41, 5.74) is 0.904. The van der Waals surface area contributed by atoms with Crippen molar-refractivity contribution in [2.24, 2.45) is 0 Å². The maximum Gasteiger partial charge on any atom is 0.244 e. The van der Waals surface area contributed by atoms with E-state index < -0.39 is 5.41 Å². The van der Waals surface area contributed by atoms with Crippen molar-refractivity contribution in [2.45, 2.75) is 19.3 Å². The third-order valence-electron chi connectivity index (χ3n) is 3.86. The summed E-state index contributed by atoms with van der Waals surface area (Å²) in [6, 6.07) is 14.1. The second-order valence-electron chi connectivity index (χ2n) is 6.16. The monoisotopic (exact) mass is 327 g/mol. The van der Waals surface area contributed by atoms with Crippen molar-refractivity contribution in [3.63, 3.8) is 0 Å². The molecule has 0 aromatic heterocycles. The van der Waals surface area contributed by atoms with Gasteiger partial charge in [0.1, 0.15) is 11.6 Å². The summed E-state index contributed by atoms with van der Waals surface area (Å²) in [6.07, 6.45) is 3.15. The SMILES string of the molecule is COc1ccccc1/C=C/C(=O)NCC(C)(C)c1ccccc1F. The number of methoxy groups -OCH3 is 1. The van der Waals surface area contributed by atoms with Crippen LogP contribution in [0, 0.1) is 5.82 Å². The summed E-state index contributed by atoms with van der Waals surface area (Å²) in [6.45, 7) is 4.13. The minimum Gasteiger partial charge on any atom is -0.496 e. The molecule has 0 unspecified atom stereocenters. The van der Waals surface area contributed by atoms with Gasteiger partial charge in [-0.1, -0.05) is 50.2 Å². The van der Waals surface area contributed by atoms with E-state index in [1.54, 1.807) is 31.4 Å². The molecule has 126 valence electrons. The van der Waals surface area contributed by atoms with Gasteiger partial charge >= 0.3 is 0 Å². The van der Waals surface area contributed by atoms with Gasteiger partial charge < -0.3 is 10.1 Å². The number of hydrogen-bond donors (Lipinski definition) is 1. The van der Waals surface area contributed by atoms with Crippen molar-refractivity contribution in [1.29, 1.82) is 0 Å². The topological polar surface area (TPSA) is 38.3 Å². The van der Waals surface area contributed by atoms with Gasteiger partial charge in [-0.3, -0.25) is 4.79 Å². The summed E-state index contributed by atoms with van der Waals surface area (Å²) in [4.78, 5) is 12.0. The molecule has 0 spiro atoms. The lowest BCUT2D eigenvalue weighted by atomic mass is 9.84. The molecule has 0 atom stereocenters. The molecule has 3 nitrogen and oxygen atoms in total. The lowest BCUT2D eigenvalue weighted by Crippen LogP contribution is -2.36. The molecule has 0 fully saturated rings. The number of hydrogen-bond acceptors (Lipinski definition) is 2. The highest BCUT2D eigenvalue weighted by Gasteiger charge is 2.24. The lowest BCUT2D eigenvalue weighted by molar-refractivity contribution is -0.116. The second-order valence-corrected chi connectivity index (χ2v) is 6.16. The maximum absolute atomic E-state index is 13.9. The number of para-hydroxylation sites is 1. The highest BCUT2D eigenvalue weighted by molar-refractivity contribution is 5.92. The Bertz CT molecular complexity index is 738. The van der Waals surface area contributed by atoms with Gasteiger partial charge in [-0.25, -0.2) is 4.39 Å². The number of ether oxygens (including phenoxy) is 1. The van der Waals surface area contributed by atoms with Crippen LogP contribution in [-0.4, -0.2) is 19.6 Å². The molecule has 2 aromatic carbocycles. The predicted octanol–water partition coefficient (Wildman–Crippen LogP) is 3.94. The zero-order valence-corrected chi connectivity index (χ0v) is 14.2. The molecule has 0 saturated heterocycles. The molecule has 0 aliphatic carbocycles. The number of carbonyl (C=O) groups is 1. The van der Waals surface area contributed by atoms with E-state index in [-0.39, 0.29) is 11.7 Å². The zero-order valence-electron chi connectivity index (χ0n) is 14.2. The Balaban J connectivity index is 2.00. The molecule has 1 N–H and O–H groups in total. The summed E-state index contributed by atoms with van der Waals surface area (Å²) >= 11 is 0. The van der Waals surface area contributed by atoms with E-state index in [2.05, 4.69) is 5.32 Å². The fraction of sp³-hybridized carbons (Fsp3) is 0.250. The van der Waals surface area contributed by atoms with Crippen LogP contribution in [0.4, 0.5) is 4.39 Å². The first-order chi connectivity index (χ1) is 11.4. The van der Waals surface area contributed by atoms with Crippen LogP contribution in [-0.2, 0) is 10.2 Å². The highest BCUT2D eigenvalue weighted by atomic mass is 19.1. The van der Waals surface area contributed by atoms with Crippen molar-refractivity contribution in [3.05, 3.63) is 71.6 Å². The number of benzene rings is 2. The van der Waals surface area contributed by atoms with E-state index in [1.807, 2.05) is 38.1 Å². The van der Waals surface area contributed by atoms with Gasteiger partial charge in [0.05, 0.1) is 7.11 Å². The third-order valence-corrected chi connectivity index (χ3v) is 3.86. The first-order valence-electron chi connectivity index (χ1n) is 7.78. The second kappa shape index (κ2) is 7.77. The van der Waals surface area contributed by atoms with E-state index in [1.165, 1.54) is 12.1 Å². The minimum atomic E-state index is -0.501. The van der Waals surface area contributed by atoms with Crippen LogP contribution in [0.3, 0.4) is 0 Å². The van der Waals surface area contributed by atoms with Gasteiger partial charge in [0, 0.05) is 23.6 Å². The molecule has 0 bridgehead atoms. The molecule has 0 aliphatic rings. The first kappa shape index (κ1) is 17.7. The number of rotatable bonds is 6. The molecule has 0 aliphatic heterocycles. The van der Waals surface area contributed by atoms with Gasteiger partial charge in [0.25, 0.3) is 0 Å². The average molecular weight is 327 g/mol. The Hall–Kier alpha value is -2.62. The normalized spacial score (nSPS) is 11.5. The first-order valence-corrected chi connectivity index (χ1v) is 7.78. The van der Waals surface area contributed by atoms with E-state index in [0.29, 0.717) is 17.9 Å². The van der Waals surface area contributed by atoms with Crippen molar-refractivity contribution in [2.75, 3.05) is 13.7 Å². The van der Waals surface area contributed by atoms with Gasteiger partial charge in [0.15, 0.2) is 0 Å². The third kappa shape index (κ3) is 4.44. The fourth-order valence-corrected chi connectivity index (χ4v) is 2.44. The van der Waals surface area contributed by atoms with Crippen LogP contribution >= 0.6 is 0 Å². The van der Waals surface area contributed by atoms with Gasteiger partial charge in [-0.05, 0) is 23.8 Å².